The van der Waals surface area contributed by atoms with Crippen LogP contribution in [0.4, 0.5) is 0 Å². The van der Waals surface area contributed by atoms with E-state index >= 15 is 0 Å². The fraction of sp³-hybridized carbons (Fsp3) is 0.643. The van der Waals surface area contributed by atoms with Gasteiger partial charge in [0.15, 0.2) is 0 Å². The van der Waals surface area contributed by atoms with Crippen LogP contribution >= 0.6 is 15.9 Å². The lowest BCUT2D eigenvalue weighted by Crippen LogP contribution is -2.04. The van der Waals surface area contributed by atoms with E-state index < -0.39 is 0 Å². The van der Waals surface area contributed by atoms with Gasteiger partial charge in [0.05, 0.1) is 0 Å². The maximum atomic E-state index is 4.56. The molecule has 0 bridgehead atoms. The molecule has 1 aromatic heterocycles. The number of hydrogen-bond acceptors (Lipinski definition) is 1. The summed E-state index contributed by atoms with van der Waals surface area (Å²) in [6.45, 7) is 0. The Morgan fingerprint density at radius 2 is 2.25 bits per heavy atom. The monoisotopic (exact) mass is 279 g/mol. The van der Waals surface area contributed by atoms with Crippen molar-refractivity contribution >= 4 is 15.9 Å². The van der Waals surface area contributed by atoms with Gasteiger partial charge in [-0.2, -0.15) is 0 Å². The van der Waals surface area contributed by atoms with Crippen LogP contribution in [0.3, 0.4) is 0 Å². The predicted molar refractivity (Wildman–Crippen MR) is 70.0 cm³/mol. The minimum Gasteiger partial charge on any atom is -0.261 e. The maximum absolute atomic E-state index is 4.56. The smallest absolute Gasteiger partial charge is 0.0466 e. The third-order valence-electron chi connectivity index (χ3n) is 4.00. The molecule has 2 aliphatic rings. The van der Waals surface area contributed by atoms with Crippen LogP contribution in [0.15, 0.2) is 18.3 Å². The molecule has 0 aromatic carbocycles. The molecular formula is C14H18BrN. The van der Waals surface area contributed by atoms with Gasteiger partial charge in [0.2, 0.25) is 0 Å². The van der Waals surface area contributed by atoms with Crippen molar-refractivity contribution in [1.82, 2.24) is 4.98 Å². The van der Waals surface area contributed by atoms with E-state index in [4.69, 9.17) is 0 Å². The highest BCUT2D eigenvalue weighted by Crippen LogP contribution is 2.41. The molecule has 0 spiro atoms. The summed E-state index contributed by atoms with van der Waals surface area (Å²) in [5, 5.41) is 0. The lowest BCUT2D eigenvalue weighted by atomic mass is 9.98. The summed E-state index contributed by atoms with van der Waals surface area (Å²) in [6.07, 6.45) is 10.0. The van der Waals surface area contributed by atoms with Gasteiger partial charge >= 0.3 is 0 Å². The second kappa shape index (κ2) is 4.48. The summed E-state index contributed by atoms with van der Waals surface area (Å²) in [5.41, 5.74) is 2.88. The Labute approximate surface area is 106 Å². The first-order valence-corrected chi connectivity index (χ1v) is 7.34. The Bertz CT molecular complexity index is 373. The third kappa shape index (κ3) is 2.17. The molecule has 0 saturated heterocycles. The average molecular weight is 280 g/mol. The van der Waals surface area contributed by atoms with Gasteiger partial charge in [0.1, 0.15) is 0 Å². The summed E-state index contributed by atoms with van der Waals surface area (Å²) < 4.78 is 0. The average Bonchev–Trinajstić information content (AvgIpc) is 3.08. The molecule has 0 N–H and O–H groups in total. The van der Waals surface area contributed by atoms with E-state index in [0.29, 0.717) is 0 Å². The lowest BCUT2D eigenvalue weighted by molar-refractivity contribution is 0.552. The predicted octanol–water partition coefficient (Wildman–Crippen LogP) is 4.07. The van der Waals surface area contributed by atoms with Gasteiger partial charge in [-0.3, -0.25) is 4.98 Å². The highest BCUT2D eigenvalue weighted by Gasteiger charge is 2.30. The fourth-order valence-corrected chi connectivity index (χ4v) is 3.62. The summed E-state index contributed by atoms with van der Waals surface area (Å²) in [7, 11) is 0. The number of rotatable bonds is 4. The van der Waals surface area contributed by atoms with Crippen molar-refractivity contribution in [3.63, 3.8) is 0 Å². The molecule has 1 heterocycles. The molecule has 0 radical (unpaired) electrons. The van der Waals surface area contributed by atoms with Crippen LogP contribution in [0.25, 0.3) is 0 Å². The third-order valence-corrected chi connectivity index (χ3v) is 5.20. The summed E-state index contributed by atoms with van der Waals surface area (Å²) in [5.74, 6) is 1.71. The van der Waals surface area contributed by atoms with E-state index in [1.807, 2.05) is 6.20 Å². The van der Waals surface area contributed by atoms with Crippen molar-refractivity contribution in [2.24, 2.45) is 5.92 Å². The lowest BCUT2D eigenvalue weighted by Gasteiger charge is -2.13. The van der Waals surface area contributed by atoms with Crippen molar-refractivity contribution in [3.8, 4) is 0 Å². The molecule has 1 aromatic rings. The van der Waals surface area contributed by atoms with E-state index in [-0.39, 0.29) is 0 Å². The zero-order valence-corrected chi connectivity index (χ0v) is 11.1. The number of aromatic nitrogens is 1. The number of halogens is 1. The summed E-state index contributed by atoms with van der Waals surface area (Å²) in [6, 6.07) is 4.31. The summed E-state index contributed by atoms with van der Waals surface area (Å²) in [4.78, 5) is 5.33. The minimum absolute atomic E-state index is 0.731. The Balaban J connectivity index is 1.60. The van der Waals surface area contributed by atoms with E-state index in [2.05, 4.69) is 33.0 Å². The van der Waals surface area contributed by atoms with E-state index in [1.54, 1.807) is 0 Å². The molecular weight excluding hydrogens is 262 g/mol. The molecule has 2 aliphatic carbocycles. The Morgan fingerprint density at radius 3 is 3.06 bits per heavy atom. The second-order valence-electron chi connectivity index (χ2n) is 5.21. The van der Waals surface area contributed by atoms with Crippen LogP contribution < -0.4 is 0 Å². The highest BCUT2D eigenvalue weighted by atomic mass is 79.9. The molecule has 2 atom stereocenters. The van der Waals surface area contributed by atoms with Gasteiger partial charge in [0, 0.05) is 22.6 Å². The second-order valence-corrected chi connectivity index (χ2v) is 6.39. The fourth-order valence-electron chi connectivity index (χ4n) is 2.83. The minimum atomic E-state index is 0.731. The SMILES string of the molecule is BrC(CCC1CCc2cccnc21)C1CC1. The van der Waals surface area contributed by atoms with Crippen LogP contribution in [-0.2, 0) is 6.42 Å². The van der Waals surface area contributed by atoms with Gasteiger partial charge in [-0.25, -0.2) is 0 Å². The first-order valence-electron chi connectivity index (χ1n) is 6.42. The Morgan fingerprint density at radius 1 is 1.38 bits per heavy atom. The topological polar surface area (TPSA) is 12.9 Å². The van der Waals surface area contributed by atoms with Gasteiger partial charge in [0.25, 0.3) is 0 Å². The van der Waals surface area contributed by atoms with E-state index in [1.165, 1.54) is 49.8 Å². The number of fused-ring (bicyclic) bond motifs is 1. The Kier molecular flexibility index (Phi) is 3.01. The normalized spacial score (nSPS) is 25.4. The van der Waals surface area contributed by atoms with Gasteiger partial charge in [-0.15, -0.1) is 0 Å². The van der Waals surface area contributed by atoms with Crippen molar-refractivity contribution in [3.05, 3.63) is 29.6 Å². The number of alkyl halides is 1. The van der Waals surface area contributed by atoms with Crippen LogP contribution in [0.2, 0.25) is 0 Å². The standard InChI is InChI=1S/C14H18BrN/c15-13(10-3-4-10)8-7-12-6-5-11-2-1-9-16-14(11)12/h1-2,9-10,12-13H,3-8H2. The quantitative estimate of drug-likeness (QED) is 0.758. The molecule has 2 unspecified atom stereocenters. The largest absolute Gasteiger partial charge is 0.261 e. The number of hydrogen-bond donors (Lipinski definition) is 0. The number of pyridine rings is 1. The van der Waals surface area contributed by atoms with Crippen molar-refractivity contribution in [2.75, 3.05) is 0 Å². The molecule has 3 rings (SSSR count). The highest BCUT2D eigenvalue weighted by molar-refractivity contribution is 9.09. The van der Waals surface area contributed by atoms with Crippen LogP contribution in [0, 0.1) is 5.92 Å². The van der Waals surface area contributed by atoms with E-state index in [9.17, 15) is 0 Å². The van der Waals surface area contributed by atoms with Crippen LogP contribution in [0.1, 0.15) is 49.3 Å². The van der Waals surface area contributed by atoms with E-state index in [0.717, 1.165) is 16.7 Å². The van der Waals surface area contributed by atoms with Crippen molar-refractivity contribution in [1.29, 1.82) is 0 Å². The molecule has 2 heteroatoms. The molecule has 1 nitrogen and oxygen atoms in total. The Hall–Kier alpha value is -0.370. The van der Waals surface area contributed by atoms with Gasteiger partial charge in [-0.05, 0) is 56.1 Å². The van der Waals surface area contributed by atoms with Crippen LogP contribution in [0.5, 0.6) is 0 Å². The first-order chi connectivity index (χ1) is 7.84. The number of aryl methyl sites for hydroxylation is 1. The molecule has 1 saturated carbocycles. The molecule has 16 heavy (non-hydrogen) atoms. The summed E-state index contributed by atoms with van der Waals surface area (Å²) >= 11 is 3.83. The van der Waals surface area contributed by atoms with Crippen LogP contribution in [-0.4, -0.2) is 9.81 Å². The number of nitrogens with zero attached hydrogens (tertiary/aromatic N) is 1. The first kappa shape index (κ1) is 10.8. The van der Waals surface area contributed by atoms with Gasteiger partial charge < -0.3 is 0 Å². The molecule has 1 fully saturated rings. The maximum Gasteiger partial charge on any atom is 0.0466 e. The molecule has 0 aliphatic heterocycles. The van der Waals surface area contributed by atoms with Crippen molar-refractivity contribution < 1.29 is 0 Å². The zero-order chi connectivity index (χ0) is 11.0. The van der Waals surface area contributed by atoms with Crippen molar-refractivity contribution in [2.45, 2.75) is 49.3 Å². The zero-order valence-electron chi connectivity index (χ0n) is 9.53. The molecule has 86 valence electrons. The van der Waals surface area contributed by atoms with Gasteiger partial charge in [-0.1, -0.05) is 22.0 Å². The molecule has 0 amide bonds.